The summed E-state index contributed by atoms with van der Waals surface area (Å²) in [6.45, 7) is 0.379. The maximum Gasteiger partial charge on any atom is 0.185 e. The van der Waals surface area contributed by atoms with E-state index in [4.69, 9.17) is 19.7 Å². The average Bonchev–Trinajstić information content (AvgIpc) is 2.85. The summed E-state index contributed by atoms with van der Waals surface area (Å²) in [5.74, 6) is 0. The van der Waals surface area contributed by atoms with Gasteiger partial charge in [-0.1, -0.05) is 5.11 Å². The average molecular weight is 171 g/mol. The van der Waals surface area contributed by atoms with Gasteiger partial charge in [0.25, 0.3) is 0 Å². The number of hydrogen-bond acceptors (Lipinski definition) is 4. The van der Waals surface area contributed by atoms with Gasteiger partial charge in [0.2, 0.25) is 0 Å². The van der Waals surface area contributed by atoms with E-state index in [2.05, 4.69) is 10.0 Å². The molecule has 0 aromatic heterocycles. The monoisotopic (exact) mass is 171 g/mol. The molecule has 2 rings (SSSR count). The number of fused-ring (bicyclic) bond motifs is 1. The third-order valence-electron chi connectivity index (χ3n) is 2.07. The molecule has 0 N–H and O–H groups in total. The summed E-state index contributed by atoms with van der Waals surface area (Å²) in [5, 5.41) is 3.55. The van der Waals surface area contributed by atoms with Crippen LogP contribution < -0.4 is 0 Å². The predicted molar refractivity (Wildman–Crippen MR) is 38.3 cm³/mol. The number of nitrogens with zero attached hydrogens (tertiary/aromatic N) is 3. The predicted octanol–water partition coefficient (Wildman–Crippen LogP) is 0.435. The second-order valence-electron chi connectivity index (χ2n) is 2.78. The zero-order chi connectivity index (χ0) is 8.55. The van der Waals surface area contributed by atoms with Crippen LogP contribution in [0.3, 0.4) is 0 Å². The normalized spacial score (nSPS) is 44.4. The maximum atomic E-state index is 8.19. The Labute approximate surface area is 69.0 Å². The van der Waals surface area contributed by atoms with Crippen LogP contribution in [0.4, 0.5) is 0 Å². The zero-order valence-electron chi connectivity index (χ0n) is 6.58. The number of ether oxygens (including phenoxy) is 3. The van der Waals surface area contributed by atoms with E-state index in [1.54, 1.807) is 7.11 Å². The van der Waals surface area contributed by atoms with Gasteiger partial charge in [0.15, 0.2) is 6.29 Å². The molecule has 66 valence electrons. The molecule has 2 fully saturated rings. The molecule has 4 atom stereocenters. The van der Waals surface area contributed by atoms with Crippen molar-refractivity contribution in [3.63, 3.8) is 0 Å². The number of methoxy groups -OCH3 is 1. The van der Waals surface area contributed by atoms with Crippen molar-refractivity contribution in [1.82, 2.24) is 0 Å². The molecule has 0 amide bonds. The van der Waals surface area contributed by atoms with Gasteiger partial charge in [-0.05, 0) is 5.53 Å². The molecular formula is C6H9N3O3. The van der Waals surface area contributed by atoms with Crippen LogP contribution in [-0.2, 0) is 14.2 Å². The van der Waals surface area contributed by atoms with E-state index in [0.29, 0.717) is 6.61 Å². The van der Waals surface area contributed by atoms with Crippen LogP contribution in [0.2, 0.25) is 0 Å². The number of hydrogen-bond donors (Lipinski definition) is 0. The van der Waals surface area contributed by atoms with Gasteiger partial charge in [-0.3, -0.25) is 0 Å². The zero-order valence-corrected chi connectivity index (χ0v) is 6.58. The van der Waals surface area contributed by atoms with E-state index < -0.39 is 0 Å². The molecule has 0 bridgehead atoms. The summed E-state index contributed by atoms with van der Waals surface area (Å²) in [7, 11) is 1.57. The molecule has 0 aromatic carbocycles. The summed E-state index contributed by atoms with van der Waals surface area (Å²) in [6.07, 6.45) is -0.334. The highest BCUT2D eigenvalue weighted by atomic mass is 16.7. The lowest BCUT2D eigenvalue weighted by Crippen LogP contribution is -2.37. The Morgan fingerprint density at radius 2 is 2.42 bits per heavy atom. The lowest BCUT2D eigenvalue weighted by molar-refractivity contribution is -0.144. The Bertz CT molecular complexity index is 228. The lowest BCUT2D eigenvalue weighted by Gasteiger charge is -2.20. The summed E-state index contributed by atoms with van der Waals surface area (Å²) in [6, 6.07) is -0.189. The molecule has 0 unspecified atom stereocenters. The number of azide groups is 1. The molecule has 2 aliphatic rings. The summed E-state index contributed by atoms with van der Waals surface area (Å²) >= 11 is 0. The molecule has 0 spiro atoms. The number of rotatable bonds is 2. The molecule has 2 aliphatic heterocycles. The van der Waals surface area contributed by atoms with Crippen LogP contribution in [0.15, 0.2) is 5.11 Å². The van der Waals surface area contributed by atoms with Gasteiger partial charge in [-0.2, -0.15) is 0 Å². The van der Waals surface area contributed by atoms with E-state index >= 15 is 0 Å². The lowest BCUT2D eigenvalue weighted by atomic mass is 10.1. The Hall–Kier alpha value is -0.810. The van der Waals surface area contributed by atoms with Gasteiger partial charge in [0.1, 0.15) is 12.2 Å². The molecule has 0 saturated carbocycles. The van der Waals surface area contributed by atoms with E-state index in [1.807, 2.05) is 0 Å². The topological polar surface area (TPSA) is 79.8 Å². The molecule has 0 aromatic rings. The fraction of sp³-hybridized carbons (Fsp3) is 1.00. The van der Waals surface area contributed by atoms with Crippen molar-refractivity contribution in [2.75, 3.05) is 13.7 Å². The second kappa shape index (κ2) is 2.91. The van der Waals surface area contributed by atoms with Crippen LogP contribution in [0.5, 0.6) is 0 Å². The molecule has 2 heterocycles. The highest BCUT2D eigenvalue weighted by Crippen LogP contribution is 2.36. The van der Waals surface area contributed by atoms with E-state index in [0.717, 1.165) is 0 Å². The molecule has 12 heavy (non-hydrogen) atoms. The summed E-state index contributed by atoms with van der Waals surface area (Å²) in [4.78, 5) is 2.71. The third kappa shape index (κ3) is 1.15. The van der Waals surface area contributed by atoms with Crippen LogP contribution in [0, 0.1) is 0 Å². The first kappa shape index (κ1) is 7.82. The van der Waals surface area contributed by atoms with Crippen LogP contribution in [0.1, 0.15) is 0 Å². The molecule has 0 radical (unpaired) electrons. The van der Waals surface area contributed by atoms with Crippen LogP contribution in [0.25, 0.3) is 10.4 Å². The van der Waals surface area contributed by atoms with Crippen molar-refractivity contribution in [2.45, 2.75) is 24.5 Å². The molecule has 0 aliphatic carbocycles. The third-order valence-corrected chi connectivity index (χ3v) is 2.07. The van der Waals surface area contributed by atoms with Gasteiger partial charge in [-0.25, -0.2) is 0 Å². The minimum absolute atomic E-state index is 0.000370. The first-order chi connectivity index (χ1) is 5.86. The van der Waals surface area contributed by atoms with Crippen molar-refractivity contribution in [3.8, 4) is 0 Å². The Balaban J connectivity index is 1.98. The van der Waals surface area contributed by atoms with E-state index in [9.17, 15) is 0 Å². The minimum atomic E-state index is -0.292. The van der Waals surface area contributed by atoms with Gasteiger partial charge in [-0.15, -0.1) is 0 Å². The maximum absolute atomic E-state index is 8.19. The second-order valence-corrected chi connectivity index (χ2v) is 2.78. The van der Waals surface area contributed by atoms with Gasteiger partial charge >= 0.3 is 0 Å². The Morgan fingerprint density at radius 3 is 3.08 bits per heavy atom. The van der Waals surface area contributed by atoms with Crippen molar-refractivity contribution < 1.29 is 14.2 Å². The number of epoxide rings is 1. The fourth-order valence-electron chi connectivity index (χ4n) is 1.42. The van der Waals surface area contributed by atoms with Crippen molar-refractivity contribution >= 4 is 0 Å². The molecular weight excluding hydrogens is 162 g/mol. The molecule has 2 saturated heterocycles. The minimum Gasteiger partial charge on any atom is -0.364 e. The SMILES string of the molecule is CO[C@H]1OC[C@@H](N=[N+]=[N-])[C@@H]2O[C@@H]12. The van der Waals surface area contributed by atoms with Crippen molar-refractivity contribution in [3.05, 3.63) is 10.4 Å². The quantitative estimate of drug-likeness (QED) is 0.261. The van der Waals surface area contributed by atoms with Crippen molar-refractivity contribution in [2.24, 2.45) is 5.11 Å². The summed E-state index contributed by atoms with van der Waals surface area (Å²) < 4.78 is 15.5. The molecule has 6 heteroatoms. The largest absolute Gasteiger partial charge is 0.364 e. The highest BCUT2D eigenvalue weighted by molar-refractivity contribution is 5.00. The van der Waals surface area contributed by atoms with Crippen LogP contribution in [-0.4, -0.2) is 38.3 Å². The van der Waals surface area contributed by atoms with E-state index in [-0.39, 0.29) is 24.5 Å². The first-order valence-corrected chi connectivity index (χ1v) is 3.71. The highest BCUT2D eigenvalue weighted by Gasteiger charge is 2.54. The van der Waals surface area contributed by atoms with E-state index in [1.165, 1.54) is 0 Å². The van der Waals surface area contributed by atoms with Gasteiger partial charge < -0.3 is 14.2 Å². The van der Waals surface area contributed by atoms with Crippen molar-refractivity contribution in [1.29, 1.82) is 0 Å². The van der Waals surface area contributed by atoms with Gasteiger partial charge in [0, 0.05) is 12.0 Å². The fourth-order valence-corrected chi connectivity index (χ4v) is 1.42. The molecule has 6 nitrogen and oxygen atoms in total. The van der Waals surface area contributed by atoms with Crippen LogP contribution >= 0.6 is 0 Å². The standard InChI is InChI=1S/C6H9N3O3/c1-10-6-5-4(12-5)3(2-11-6)8-9-7/h3-6H,2H2,1H3/t3-,4+,5-,6+/m1/s1. The first-order valence-electron chi connectivity index (χ1n) is 3.71. The Morgan fingerprint density at radius 1 is 1.58 bits per heavy atom. The van der Waals surface area contributed by atoms with Gasteiger partial charge in [0.05, 0.1) is 12.6 Å². The Kier molecular flexibility index (Phi) is 1.90. The smallest absolute Gasteiger partial charge is 0.185 e. The summed E-state index contributed by atoms with van der Waals surface area (Å²) in [5.41, 5.74) is 8.19.